The zero-order valence-corrected chi connectivity index (χ0v) is 9.48. The first-order chi connectivity index (χ1) is 7.86. The Kier molecular flexibility index (Phi) is 2.36. The van der Waals surface area contributed by atoms with Gasteiger partial charge in [0.25, 0.3) is 0 Å². The van der Waals surface area contributed by atoms with Crippen molar-refractivity contribution >= 4 is 5.65 Å². The van der Waals surface area contributed by atoms with Crippen LogP contribution in [0.4, 0.5) is 0 Å². The summed E-state index contributed by atoms with van der Waals surface area (Å²) in [6.45, 7) is 4.29. The first-order valence-corrected chi connectivity index (χ1v) is 5.87. The molecule has 2 aromatic heterocycles. The molecule has 1 aliphatic rings. The van der Waals surface area contributed by atoms with Crippen LogP contribution in [0.5, 0.6) is 0 Å². The van der Waals surface area contributed by atoms with E-state index < -0.39 is 0 Å². The first kappa shape index (κ1) is 9.78. The topological polar surface area (TPSA) is 42.2 Å². The highest BCUT2D eigenvalue weighted by atomic mass is 15.3. The number of hydrogen-bond acceptors (Lipinski definition) is 3. The molecule has 4 nitrogen and oxygen atoms in total. The van der Waals surface area contributed by atoms with Crippen LogP contribution in [0.15, 0.2) is 18.2 Å². The van der Waals surface area contributed by atoms with E-state index in [0.29, 0.717) is 5.92 Å². The molecule has 0 saturated carbocycles. The van der Waals surface area contributed by atoms with Crippen LogP contribution in [0.3, 0.4) is 0 Å². The lowest BCUT2D eigenvalue weighted by Crippen LogP contribution is -2.27. The van der Waals surface area contributed by atoms with Crippen molar-refractivity contribution in [3.63, 3.8) is 0 Å². The Labute approximate surface area is 94.7 Å². The molecule has 0 bridgehead atoms. The fourth-order valence-electron chi connectivity index (χ4n) is 2.47. The molecule has 0 aliphatic carbocycles. The van der Waals surface area contributed by atoms with Gasteiger partial charge in [-0.3, -0.25) is 4.40 Å². The van der Waals surface area contributed by atoms with Gasteiger partial charge in [0.2, 0.25) is 0 Å². The summed E-state index contributed by atoms with van der Waals surface area (Å²) < 4.78 is 2.19. The van der Waals surface area contributed by atoms with Crippen molar-refractivity contribution in [2.75, 3.05) is 13.1 Å². The molecule has 1 saturated heterocycles. The Morgan fingerprint density at radius 3 is 2.88 bits per heavy atom. The Morgan fingerprint density at radius 2 is 2.06 bits per heavy atom. The molecule has 84 valence electrons. The minimum atomic E-state index is 0.553. The standard InChI is InChI=1S/C12H16N4/c1-9-3-2-4-11-14-15-12(16(9)11)10-5-7-13-8-6-10/h2-4,10,13H,5-8H2,1H3. The van der Waals surface area contributed by atoms with Crippen molar-refractivity contribution in [2.45, 2.75) is 25.7 Å². The van der Waals surface area contributed by atoms with Crippen LogP contribution in [-0.4, -0.2) is 27.7 Å². The molecule has 16 heavy (non-hydrogen) atoms. The van der Waals surface area contributed by atoms with E-state index in [2.05, 4.69) is 32.9 Å². The summed E-state index contributed by atoms with van der Waals surface area (Å²) in [6, 6.07) is 6.16. The van der Waals surface area contributed by atoms with Crippen LogP contribution in [0.2, 0.25) is 0 Å². The Hall–Kier alpha value is -1.42. The molecule has 2 aromatic rings. The summed E-state index contributed by atoms with van der Waals surface area (Å²) in [5, 5.41) is 12.0. The molecule has 4 heteroatoms. The van der Waals surface area contributed by atoms with E-state index in [9.17, 15) is 0 Å². The number of nitrogens with zero attached hydrogens (tertiary/aromatic N) is 3. The number of piperidine rings is 1. The molecule has 0 radical (unpaired) electrons. The van der Waals surface area contributed by atoms with Gasteiger partial charge in [-0.1, -0.05) is 6.07 Å². The molecule has 3 rings (SSSR count). The van der Waals surface area contributed by atoms with E-state index in [0.717, 1.165) is 37.4 Å². The SMILES string of the molecule is Cc1cccc2nnc(C3CCNCC3)n12. The fourth-order valence-corrected chi connectivity index (χ4v) is 2.47. The maximum atomic E-state index is 4.36. The highest BCUT2D eigenvalue weighted by molar-refractivity contribution is 5.40. The Balaban J connectivity index is 2.09. The van der Waals surface area contributed by atoms with Gasteiger partial charge in [-0.25, -0.2) is 0 Å². The molecule has 0 amide bonds. The van der Waals surface area contributed by atoms with Crippen LogP contribution in [-0.2, 0) is 0 Å². The number of aromatic nitrogens is 3. The normalized spacial score (nSPS) is 18.1. The first-order valence-electron chi connectivity index (χ1n) is 5.87. The van der Waals surface area contributed by atoms with Gasteiger partial charge < -0.3 is 5.32 Å². The lowest BCUT2D eigenvalue weighted by Gasteiger charge is -2.21. The van der Waals surface area contributed by atoms with Gasteiger partial charge in [0, 0.05) is 11.6 Å². The van der Waals surface area contributed by atoms with Gasteiger partial charge in [0.1, 0.15) is 5.82 Å². The molecular weight excluding hydrogens is 200 g/mol. The summed E-state index contributed by atoms with van der Waals surface area (Å²) in [5.74, 6) is 1.69. The molecule has 0 spiro atoms. The number of pyridine rings is 1. The quantitative estimate of drug-likeness (QED) is 0.785. The molecule has 0 unspecified atom stereocenters. The van der Waals surface area contributed by atoms with Crippen molar-refractivity contribution in [1.82, 2.24) is 19.9 Å². The highest BCUT2D eigenvalue weighted by Gasteiger charge is 2.20. The average molecular weight is 216 g/mol. The lowest BCUT2D eigenvalue weighted by atomic mass is 9.97. The Morgan fingerprint density at radius 1 is 1.25 bits per heavy atom. The van der Waals surface area contributed by atoms with Crippen LogP contribution >= 0.6 is 0 Å². The number of rotatable bonds is 1. The third-order valence-corrected chi connectivity index (χ3v) is 3.35. The van der Waals surface area contributed by atoms with Crippen molar-refractivity contribution < 1.29 is 0 Å². The van der Waals surface area contributed by atoms with Crippen LogP contribution in [0.25, 0.3) is 5.65 Å². The van der Waals surface area contributed by atoms with Gasteiger partial charge in [0.15, 0.2) is 5.65 Å². The van der Waals surface area contributed by atoms with Crippen molar-refractivity contribution in [1.29, 1.82) is 0 Å². The average Bonchev–Trinajstić information content (AvgIpc) is 2.75. The van der Waals surface area contributed by atoms with E-state index in [-0.39, 0.29) is 0 Å². The van der Waals surface area contributed by atoms with Gasteiger partial charge in [-0.15, -0.1) is 10.2 Å². The maximum absolute atomic E-state index is 4.36. The summed E-state index contributed by atoms with van der Waals surface area (Å²) in [7, 11) is 0. The minimum absolute atomic E-state index is 0.553. The highest BCUT2D eigenvalue weighted by Crippen LogP contribution is 2.24. The van der Waals surface area contributed by atoms with Crippen LogP contribution in [0, 0.1) is 6.92 Å². The molecule has 0 atom stereocenters. The summed E-state index contributed by atoms with van der Waals surface area (Å²) in [6.07, 6.45) is 2.32. The smallest absolute Gasteiger partial charge is 0.160 e. The molecule has 3 heterocycles. The Bertz CT molecular complexity index is 497. The third kappa shape index (κ3) is 1.50. The minimum Gasteiger partial charge on any atom is -0.317 e. The largest absolute Gasteiger partial charge is 0.317 e. The van der Waals surface area contributed by atoms with Gasteiger partial charge >= 0.3 is 0 Å². The number of fused-ring (bicyclic) bond motifs is 1. The summed E-state index contributed by atoms with van der Waals surface area (Å²) >= 11 is 0. The van der Waals surface area contributed by atoms with Crippen LogP contribution < -0.4 is 5.32 Å². The van der Waals surface area contributed by atoms with E-state index in [1.165, 1.54) is 5.69 Å². The van der Waals surface area contributed by atoms with Crippen molar-refractivity contribution in [3.05, 3.63) is 29.7 Å². The number of hydrogen-bond donors (Lipinski definition) is 1. The summed E-state index contributed by atoms with van der Waals surface area (Å²) in [4.78, 5) is 0. The monoisotopic (exact) mass is 216 g/mol. The zero-order chi connectivity index (χ0) is 11.0. The van der Waals surface area contributed by atoms with Gasteiger partial charge in [-0.05, 0) is 45.0 Å². The predicted octanol–water partition coefficient (Wildman–Crippen LogP) is 1.50. The van der Waals surface area contributed by atoms with E-state index in [1.807, 2.05) is 12.1 Å². The second kappa shape index (κ2) is 3.87. The third-order valence-electron chi connectivity index (χ3n) is 3.35. The number of nitrogens with one attached hydrogen (secondary N) is 1. The van der Waals surface area contributed by atoms with E-state index in [4.69, 9.17) is 0 Å². The molecular formula is C12H16N4. The van der Waals surface area contributed by atoms with Gasteiger partial charge in [0.05, 0.1) is 0 Å². The molecule has 1 aliphatic heterocycles. The predicted molar refractivity (Wildman–Crippen MR) is 62.6 cm³/mol. The van der Waals surface area contributed by atoms with Crippen molar-refractivity contribution in [2.24, 2.45) is 0 Å². The molecule has 0 aromatic carbocycles. The van der Waals surface area contributed by atoms with Crippen molar-refractivity contribution in [3.8, 4) is 0 Å². The molecule has 1 N–H and O–H groups in total. The second-order valence-electron chi connectivity index (χ2n) is 4.44. The number of aryl methyl sites for hydroxylation is 1. The fraction of sp³-hybridized carbons (Fsp3) is 0.500. The second-order valence-corrected chi connectivity index (χ2v) is 4.44. The van der Waals surface area contributed by atoms with E-state index >= 15 is 0 Å². The summed E-state index contributed by atoms with van der Waals surface area (Å²) in [5.41, 5.74) is 2.18. The zero-order valence-electron chi connectivity index (χ0n) is 9.48. The molecule has 1 fully saturated rings. The van der Waals surface area contributed by atoms with Crippen LogP contribution in [0.1, 0.15) is 30.3 Å². The maximum Gasteiger partial charge on any atom is 0.160 e. The van der Waals surface area contributed by atoms with E-state index in [1.54, 1.807) is 0 Å². The lowest BCUT2D eigenvalue weighted by molar-refractivity contribution is 0.442. The van der Waals surface area contributed by atoms with Gasteiger partial charge in [-0.2, -0.15) is 0 Å².